The Morgan fingerprint density at radius 1 is 1.20 bits per heavy atom. The molecule has 2 N–H and O–H groups in total. The summed E-state index contributed by atoms with van der Waals surface area (Å²) in [5, 5.41) is 10.4. The number of anilines is 1. The van der Waals surface area contributed by atoms with Crippen LogP contribution in [0.3, 0.4) is 0 Å². The fraction of sp³-hybridized carbons (Fsp3) is 0.312. The molecule has 6 nitrogen and oxygen atoms in total. The molecule has 9 heteroatoms. The van der Waals surface area contributed by atoms with Crippen LogP contribution in [0.25, 0.3) is 5.69 Å². The molecule has 25 heavy (non-hydrogen) atoms. The highest BCUT2D eigenvalue weighted by Crippen LogP contribution is 2.28. The zero-order chi connectivity index (χ0) is 18.0. The van der Waals surface area contributed by atoms with Crippen LogP contribution in [-0.4, -0.2) is 28.8 Å². The Bertz CT molecular complexity index is 865. The van der Waals surface area contributed by atoms with Crippen molar-refractivity contribution in [2.45, 2.75) is 12.8 Å². The average molecular weight is 402 g/mol. The van der Waals surface area contributed by atoms with Crippen molar-refractivity contribution in [2.75, 3.05) is 18.4 Å². The Morgan fingerprint density at radius 2 is 1.96 bits per heavy atom. The Kier molecular flexibility index (Phi) is 5.51. The van der Waals surface area contributed by atoms with Crippen LogP contribution < -0.4 is 16.2 Å². The van der Waals surface area contributed by atoms with E-state index >= 15 is 0 Å². The third-order valence-electron chi connectivity index (χ3n) is 3.76. The van der Waals surface area contributed by atoms with Crippen molar-refractivity contribution in [3.63, 3.8) is 0 Å². The van der Waals surface area contributed by atoms with Gasteiger partial charge in [-0.2, -0.15) is 9.78 Å². The van der Waals surface area contributed by atoms with Gasteiger partial charge in [0.2, 0.25) is 5.91 Å². The monoisotopic (exact) mass is 400 g/mol. The van der Waals surface area contributed by atoms with E-state index in [1.54, 1.807) is 18.2 Å². The van der Waals surface area contributed by atoms with E-state index in [1.807, 2.05) is 0 Å². The maximum atomic E-state index is 12.1. The molecule has 0 atom stereocenters. The lowest BCUT2D eigenvalue weighted by atomic mass is 10.2. The van der Waals surface area contributed by atoms with E-state index in [-0.39, 0.29) is 21.9 Å². The summed E-state index contributed by atoms with van der Waals surface area (Å²) in [5.41, 5.74) is 0.647. The minimum absolute atomic E-state index is 0.0959. The molecule has 1 aromatic carbocycles. The Labute approximate surface area is 159 Å². The quantitative estimate of drug-likeness (QED) is 0.729. The van der Waals surface area contributed by atoms with Gasteiger partial charge in [-0.25, -0.2) is 0 Å². The fourth-order valence-electron chi connectivity index (χ4n) is 2.25. The van der Waals surface area contributed by atoms with Crippen molar-refractivity contribution >= 4 is 46.4 Å². The van der Waals surface area contributed by atoms with E-state index in [4.69, 9.17) is 34.8 Å². The maximum absolute atomic E-state index is 12.1. The second-order valence-electron chi connectivity index (χ2n) is 5.68. The molecule has 0 bridgehead atoms. The second-order valence-corrected chi connectivity index (χ2v) is 6.87. The summed E-state index contributed by atoms with van der Waals surface area (Å²) in [7, 11) is 0. The number of nitrogens with zero attached hydrogens (tertiary/aromatic N) is 2. The van der Waals surface area contributed by atoms with Crippen molar-refractivity contribution in [1.29, 1.82) is 0 Å². The van der Waals surface area contributed by atoms with Gasteiger partial charge in [-0.1, -0.05) is 34.8 Å². The van der Waals surface area contributed by atoms with Gasteiger partial charge < -0.3 is 10.6 Å². The summed E-state index contributed by atoms with van der Waals surface area (Å²) < 4.78 is 1.12. The molecule has 0 aliphatic heterocycles. The lowest BCUT2D eigenvalue weighted by Crippen LogP contribution is -2.29. The van der Waals surface area contributed by atoms with Crippen LogP contribution in [0.2, 0.25) is 15.1 Å². The first-order valence-electron chi connectivity index (χ1n) is 7.72. The number of hydrogen-bond donors (Lipinski definition) is 2. The van der Waals surface area contributed by atoms with Gasteiger partial charge >= 0.3 is 0 Å². The first-order valence-corrected chi connectivity index (χ1v) is 8.85. The van der Waals surface area contributed by atoms with Crippen LogP contribution in [-0.2, 0) is 4.79 Å². The number of nitrogens with one attached hydrogen (secondary N) is 2. The maximum Gasteiger partial charge on any atom is 0.291 e. The van der Waals surface area contributed by atoms with Gasteiger partial charge in [0.25, 0.3) is 5.56 Å². The molecule has 0 saturated heterocycles. The highest BCUT2D eigenvalue weighted by atomic mass is 35.5. The molecule has 132 valence electrons. The van der Waals surface area contributed by atoms with Crippen LogP contribution in [0.1, 0.15) is 12.8 Å². The number of aromatic nitrogens is 2. The van der Waals surface area contributed by atoms with E-state index in [1.165, 1.54) is 6.20 Å². The van der Waals surface area contributed by atoms with Gasteiger partial charge in [0.1, 0.15) is 5.02 Å². The van der Waals surface area contributed by atoms with Crippen LogP contribution in [0.4, 0.5) is 5.69 Å². The van der Waals surface area contributed by atoms with Crippen LogP contribution in [0, 0.1) is 5.92 Å². The number of carbonyl (C=O) groups excluding carboxylic acids is 1. The molecule has 1 aliphatic carbocycles. The van der Waals surface area contributed by atoms with Crippen molar-refractivity contribution in [2.24, 2.45) is 5.92 Å². The zero-order valence-electron chi connectivity index (χ0n) is 13.1. The summed E-state index contributed by atoms with van der Waals surface area (Å²) in [4.78, 5) is 23.7. The molecule has 1 amide bonds. The number of hydrogen-bond acceptors (Lipinski definition) is 4. The van der Waals surface area contributed by atoms with Crippen LogP contribution in [0.5, 0.6) is 0 Å². The molecule has 2 aromatic rings. The van der Waals surface area contributed by atoms with E-state index in [0.717, 1.165) is 17.5 Å². The number of halogens is 3. The smallest absolute Gasteiger partial charge is 0.291 e. The van der Waals surface area contributed by atoms with E-state index < -0.39 is 5.56 Å². The minimum Gasteiger partial charge on any atom is -0.382 e. The predicted octanol–water partition coefficient (Wildman–Crippen LogP) is 3.13. The number of amides is 1. The van der Waals surface area contributed by atoms with Crippen molar-refractivity contribution in [1.82, 2.24) is 15.1 Å². The predicted molar refractivity (Wildman–Crippen MR) is 99.1 cm³/mol. The molecule has 0 spiro atoms. The highest BCUT2D eigenvalue weighted by Gasteiger charge is 2.28. The van der Waals surface area contributed by atoms with E-state index in [9.17, 15) is 9.59 Å². The third-order valence-corrected chi connectivity index (χ3v) is 4.82. The summed E-state index contributed by atoms with van der Waals surface area (Å²) in [6, 6.07) is 5.03. The molecular formula is C16H15Cl3N4O2. The van der Waals surface area contributed by atoms with E-state index in [2.05, 4.69) is 15.7 Å². The number of benzene rings is 1. The molecule has 1 aliphatic rings. The highest BCUT2D eigenvalue weighted by molar-refractivity contribution is 6.41. The molecular weight excluding hydrogens is 387 g/mol. The Balaban J connectivity index is 1.65. The molecule has 1 aromatic heterocycles. The first-order chi connectivity index (χ1) is 12.0. The minimum atomic E-state index is -0.520. The van der Waals surface area contributed by atoms with Crippen molar-refractivity contribution in [3.8, 4) is 5.69 Å². The molecule has 1 saturated carbocycles. The Morgan fingerprint density at radius 3 is 2.64 bits per heavy atom. The molecule has 1 heterocycles. The zero-order valence-corrected chi connectivity index (χ0v) is 15.3. The van der Waals surface area contributed by atoms with Crippen LogP contribution in [0.15, 0.2) is 29.2 Å². The standard InChI is InChI=1S/C16H15Cl3N4O2/c17-11-7-10(23-16(25)14(19)12(18)8-22-23)3-4-13(11)20-5-6-21-15(24)9-1-2-9/h3-4,7-9,20H,1-2,5-6H2,(H,21,24). The summed E-state index contributed by atoms with van der Waals surface area (Å²) in [6.07, 6.45) is 3.26. The van der Waals surface area contributed by atoms with E-state index in [0.29, 0.717) is 29.5 Å². The third kappa shape index (κ3) is 4.26. The Hall–Kier alpha value is -1.76. The molecule has 0 unspecified atom stereocenters. The fourth-order valence-corrected chi connectivity index (χ4v) is 2.74. The van der Waals surface area contributed by atoms with Gasteiger partial charge in [0, 0.05) is 19.0 Å². The van der Waals surface area contributed by atoms with Gasteiger partial charge in [0.05, 0.1) is 27.6 Å². The largest absolute Gasteiger partial charge is 0.382 e. The topological polar surface area (TPSA) is 76.0 Å². The van der Waals surface area contributed by atoms with Gasteiger partial charge in [-0.05, 0) is 31.0 Å². The van der Waals surface area contributed by atoms with Gasteiger partial charge in [-0.3, -0.25) is 9.59 Å². The van der Waals surface area contributed by atoms with Crippen molar-refractivity contribution < 1.29 is 4.79 Å². The van der Waals surface area contributed by atoms with Crippen molar-refractivity contribution in [3.05, 3.63) is 49.8 Å². The van der Waals surface area contributed by atoms with Gasteiger partial charge in [0.15, 0.2) is 0 Å². The molecule has 1 fully saturated rings. The molecule has 3 rings (SSSR count). The lowest BCUT2D eigenvalue weighted by molar-refractivity contribution is -0.122. The number of rotatable bonds is 6. The SMILES string of the molecule is O=C(NCCNc1ccc(-n2ncc(Cl)c(Cl)c2=O)cc1Cl)C1CC1. The normalized spacial score (nSPS) is 13.6. The lowest BCUT2D eigenvalue weighted by Gasteiger charge is -2.11. The second kappa shape index (κ2) is 7.64. The summed E-state index contributed by atoms with van der Waals surface area (Å²) in [5.74, 6) is 0.299. The van der Waals surface area contributed by atoms with Gasteiger partial charge in [-0.15, -0.1) is 0 Å². The average Bonchev–Trinajstić information content (AvgIpc) is 3.43. The van der Waals surface area contributed by atoms with Crippen LogP contribution >= 0.6 is 34.8 Å². The first kappa shape index (κ1) is 18.0. The summed E-state index contributed by atoms with van der Waals surface area (Å²) in [6.45, 7) is 1.06. The molecule has 0 radical (unpaired) electrons. The number of carbonyl (C=O) groups is 1. The summed E-state index contributed by atoms with van der Waals surface area (Å²) >= 11 is 17.9.